The van der Waals surface area contributed by atoms with Crippen molar-refractivity contribution in [3.63, 3.8) is 0 Å². The van der Waals surface area contributed by atoms with E-state index in [-0.39, 0.29) is 34.5 Å². The molecule has 11 heteroatoms. The van der Waals surface area contributed by atoms with Crippen molar-refractivity contribution in [2.24, 2.45) is 0 Å². The molecule has 0 bridgehead atoms. The van der Waals surface area contributed by atoms with E-state index in [0.29, 0.717) is 5.03 Å². The van der Waals surface area contributed by atoms with Crippen molar-refractivity contribution in [1.82, 2.24) is 19.5 Å². The van der Waals surface area contributed by atoms with Crippen LogP contribution in [0.3, 0.4) is 0 Å². The number of hydrogen-bond donors (Lipinski definition) is 1. The normalized spacial score (nSPS) is 15.5. The number of fused-ring (bicyclic) bond motifs is 1. The standard InChI is InChI=1S/C20H25N5O4S2/c1-23-8-10-24(11-9-23)17-14-16(29-13-12-26)21-19-18(20(30-2)22-25(17)19)31(27,28)15-6-4-3-5-7-15/h3-7,14,26H,8-13H2,1-2H3. The number of anilines is 1. The van der Waals surface area contributed by atoms with Crippen molar-refractivity contribution in [1.29, 1.82) is 0 Å². The van der Waals surface area contributed by atoms with Gasteiger partial charge in [0.25, 0.3) is 0 Å². The number of rotatable bonds is 7. The Bertz CT molecular complexity index is 1160. The fraction of sp³-hybridized carbons (Fsp3) is 0.400. The van der Waals surface area contributed by atoms with Crippen molar-refractivity contribution >= 4 is 33.1 Å². The van der Waals surface area contributed by atoms with Crippen LogP contribution in [0.5, 0.6) is 5.88 Å². The molecular formula is C20H25N5O4S2. The molecule has 0 amide bonds. The molecule has 1 N–H and O–H groups in total. The lowest BCUT2D eigenvalue weighted by Gasteiger charge is -2.33. The zero-order valence-electron chi connectivity index (χ0n) is 17.4. The lowest BCUT2D eigenvalue weighted by Crippen LogP contribution is -2.45. The minimum atomic E-state index is -3.86. The average molecular weight is 464 g/mol. The predicted octanol–water partition coefficient (Wildman–Crippen LogP) is 1.41. The molecule has 166 valence electrons. The van der Waals surface area contributed by atoms with Gasteiger partial charge in [-0.2, -0.15) is 14.6 Å². The zero-order chi connectivity index (χ0) is 22.0. The van der Waals surface area contributed by atoms with Crippen molar-refractivity contribution in [3.05, 3.63) is 36.4 Å². The van der Waals surface area contributed by atoms with Crippen LogP contribution in [-0.2, 0) is 9.84 Å². The molecule has 9 nitrogen and oxygen atoms in total. The number of aromatic nitrogens is 3. The Kier molecular flexibility index (Phi) is 6.37. The number of aliphatic hydroxyl groups excluding tert-OH is 1. The molecule has 0 atom stereocenters. The maximum absolute atomic E-state index is 13.5. The van der Waals surface area contributed by atoms with Gasteiger partial charge in [-0.15, -0.1) is 11.8 Å². The monoisotopic (exact) mass is 463 g/mol. The zero-order valence-corrected chi connectivity index (χ0v) is 19.1. The topological polar surface area (TPSA) is 100 Å². The third kappa shape index (κ3) is 4.22. The summed E-state index contributed by atoms with van der Waals surface area (Å²) in [5, 5.41) is 14.2. The van der Waals surface area contributed by atoms with Crippen LogP contribution in [0.2, 0.25) is 0 Å². The summed E-state index contributed by atoms with van der Waals surface area (Å²) in [6, 6.07) is 10.0. The Balaban J connectivity index is 1.93. The molecule has 31 heavy (non-hydrogen) atoms. The first-order chi connectivity index (χ1) is 15.0. The lowest BCUT2D eigenvalue weighted by molar-refractivity contribution is 0.197. The van der Waals surface area contributed by atoms with Crippen LogP contribution in [0.1, 0.15) is 0 Å². The van der Waals surface area contributed by atoms with E-state index >= 15 is 0 Å². The molecule has 0 radical (unpaired) electrons. The predicted molar refractivity (Wildman–Crippen MR) is 119 cm³/mol. The first-order valence-electron chi connectivity index (χ1n) is 9.90. The Morgan fingerprint density at radius 1 is 1.16 bits per heavy atom. The average Bonchev–Trinajstić information content (AvgIpc) is 3.17. The van der Waals surface area contributed by atoms with Crippen LogP contribution in [0, 0.1) is 0 Å². The second-order valence-corrected chi connectivity index (χ2v) is 9.89. The fourth-order valence-corrected chi connectivity index (χ4v) is 5.93. The molecule has 1 aromatic carbocycles. The van der Waals surface area contributed by atoms with Crippen LogP contribution in [0.15, 0.2) is 51.2 Å². The summed E-state index contributed by atoms with van der Waals surface area (Å²) in [4.78, 5) is 9.12. The number of likely N-dealkylation sites (N-methyl/N-ethyl adjacent to an activating group) is 1. The van der Waals surface area contributed by atoms with E-state index in [0.717, 1.165) is 32.0 Å². The summed E-state index contributed by atoms with van der Waals surface area (Å²) in [5.74, 6) is 0.975. The second kappa shape index (κ2) is 9.03. The van der Waals surface area contributed by atoms with Gasteiger partial charge in [-0.1, -0.05) is 18.2 Å². The Morgan fingerprint density at radius 3 is 2.52 bits per heavy atom. The third-order valence-electron chi connectivity index (χ3n) is 5.16. The lowest BCUT2D eigenvalue weighted by atomic mass is 10.3. The van der Waals surface area contributed by atoms with Gasteiger partial charge >= 0.3 is 0 Å². The molecule has 0 aliphatic carbocycles. The van der Waals surface area contributed by atoms with Crippen LogP contribution >= 0.6 is 11.8 Å². The molecule has 1 saturated heterocycles. The summed E-state index contributed by atoms with van der Waals surface area (Å²) >= 11 is 1.26. The van der Waals surface area contributed by atoms with E-state index in [2.05, 4.69) is 26.9 Å². The molecule has 1 aliphatic rings. The number of aliphatic hydroxyl groups is 1. The van der Waals surface area contributed by atoms with Crippen molar-refractivity contribution in [3.8, 4) is 5.88 Å². The van der Waals surface area contributed by atoms with Crippen molar-refractivity contribution in [2.45, 2.75) is 14.8 Å². The van der Waals surface area contributed by atoms with E-state index in [4.69, 9.17) is 4.74 Å². The van der Waals surface area contributed by atoms with Crippen LogP contribution < -0.4 is 9.64 Å². The quantitative estimate of drug-likeness (QED) is 0.521. The van der Waals surface area contributed by atoms with E-state index in [9.17, 15) is 13.5 Å². The molecule has 1 aliphatic heterocycles. The molecule has 1 fully saturated rings. The van der Waals surface area contributed by atoms with Gasteiger partial charge in [0, 0.05) is 32.2 Å². The summed E-state index contributed by atoms with van der Waals surface area (Å²) < 4.78 is 34.3. The van der Waals surface area contributed by atoms with Gasteiger partial charge < -0.3 is 19.6 Å². The van der Waals surface area contributed by atoms with E-state index in [1.807, 2.05) is 0 Å². The van der Waals surface area contributed by atoms with Crippen LogP contribution in [-0.4, -0.2) is 85.7 Å². The van der Waals surface area contributed by atoms with Gasteiger partial charge in [-0.3, -0.25) is 0 Å². The number of benzene rings is 1. The number of nitrogens with zero attached hydrogens (tertiary/aromatic N) is 5. The second-order valence-electron chi connectivity index (χ2n) is 7.21. The van der Waals surface area contributed by atoms with Crippen molar-refractivity contribution < 1.29 is 18.3 Å². The van der Waals surface area contributed by atoms with Gasteiger partial charge in [0.05, 0.1) is 11.5 Å². The molecule has 0 unspecified atom stereocenters. The number of piperazine rings is 1. The van der Waals surface area contributed by atoms with Crippen LogP contribution in [0.4, 0.5) is 5.82 Å². The van der Waals surface area contributed by atoms with Gasteiger partial charge in [-0.05, 0) is 25.4 Å². The molecule has 2 aromatic heterocycles. The van der Waals surface area contributed by atoms with Gasteiger partial charge in [-0.25, -0.2) is 8.42 Å². The number of thioether (sulfide) groups is 1. The first-order valence-corrected chi connectivity index (χ1v) is 12.6. The molecule has 3 aromatic rings. The minimum Gasteiger partial charge on any atom is -0.475 e. The van der Waals surface area contributed by atoms with E-state index < -0.39 is 9.84 Å². The minimum absolute atomic E-state index is 0.0651. The fourth-order valence-electron chi connectivity index (χ4n) is 3.51. The Morgan fingerprint density at radius 2 is 1.87 bits per heavy atom. The summed E-state index contributed by atoms with van der Waals surface area (Å²) in [6.07, 6.45) is 1.80. The van der Waals surface area contributed by atoms with Crippen molar-refractivity contribution in [2.75, 3.05) is 57.6 Å². The number of sulfone groups is 1. The molecule has 3 heterocycles. The van der Waals surface area contributed by atoms with Gasteiger partial charge in [0.1, 0.15) is 17.5 Å². The van der Waals surface area contributed by atoms with E-state index in [1.165, 1.54) is 11.8 Å². The SMILES string of the molecule is CSc1nn2c(N3CCN(C)CC3)cc(OCCO)nc2c1S(=O)(=O)c1ccccc1. The highest BCUT2D eigenvalue weighted by atomic mass is 32.2. The Hall–Kier alpha value is -2.34. The van der Waals surface area contributed by atoms with Crippen LogP contribution in [0.25, 0.3) is 5.65 Å². The maximum atomic E-state index is 13.5. The smallest absolute Gasteiger partial charge is 0.219 e. The van der Waals surface area contributed by atoms with E-state index in [1.54, 1.807) is 47.2 Å². The Labute approximate surface area is 185 Å². The first kappa shape index (κ1) is 21.9. The number of ether oxygens (including phenoxy) is 1. The largest absolute Gasteiger partial charge is 0.475 e. The van der Waals surface area contributed by atoms with Gasteiger partial charge in [0.15, 0.2) is 10.5 Å². The summed E-state index contributed by atoms with van der Waals surface area (Å²) in [5.41, 5.74) is 0.220. The van der Waals surface area contributed by atoms with Gasteiger partial charge in [0.2, 0.25) is 15.7 Å². The molecule has 4 rings (SSSR count). The molecule has 0 saturated carbocycles. The molecular weight excluding hydrogens is 438 g/mol. The number of hydrogen-bond acceptors (Lipinski definition) is 9. The summed E-state index contributed by atoms with van der Waals surface area (Å²) in [6.45, 7) is 3.19. The summed E-state index contributed by atoms with van der Waals surface area (Å²) in [7, 11) is -1.79. The highest BCUT2D eigenvalue weighted by Gasteiger charge is 2.31. The highest BCUT2D eigenvalue weighted by molar-refractivity contribution is 7.99. The maximum Gasteiger partial charge on any atom is 0.219 e. The molecule has 0 spiro atoms. The highest BCUT2D eigenvalue weighted by Crippen LogP contribution is 2.35. The third-order valence-corrected chi connectivity index (χ3v) is 7.77.